The van der Waals surface area contributed by atoms with Crippen LogP contribution in [0.25, 0.3) is 0 Å². The normalized spacial score (nSPS) is 11.6. The van der Waals surface area contributed by atoms with Crippen LogP contribution in [0.1, 0.15) is 25.0 Å². The Morgan fingerprint density at radius 2 is 2.11 bits per heavy atom. The van der Waals surface area contributed by atoms with Gasteiger partial charge in [-0.2, -0.15) is 0 Å². The lowest BCUT2D eigenvalue weighted by molar-refractivity contribution is 0.268. The fraction of sp³-hybridized carbons (Fsp3) is 0.533. The van der Waals surface area contributed by atoms with Gasteiger partial charge in [-0.1, -0.05) is 26.0 Å². The van der Waals surface area contributed by atoms with E-state index in [1.165, 1.54) is 5.56 Å². The number of ether oxygens (including phenoxy) is 1. The summed E-state index contributed by atoms with van der Waals surface area (Å²) in [7, 11) is 3.60. The molecule has 1 aromatic carbocycles. The minimum absolute atomic E-state index is 0.520. The van der Waals surface area contributed by atoms with E-state index in [0.29, 0.717) is 12.5 Å². The molecular weight excluding hydrogens is 238 g/mol. The van der Waals surface area contributed by atoms with Crippen LogP contribution in [0.3, 0.4) is 0 Å². The molecule has 19 heavy (non-hydrogen) atoms. The minimum Gasteiger partial charge on any atom is -0.493 e. The van der Waals surface area contributed by atoms with Crippen molar-refractivity contribution in [2.24, 2.45) is 10.9 Å². The fourth-order valence-corrected chi connectivity index (χ4v) is 1.66. The Morgan fingerprint density at radius 3 is 2.68 bits per heavy atom. The van der Waals surface area contributed by atoms with Crippen LogP contribution in [0, 0.1) is 12.8 Å². The molecule has 0 radical (unpaired) electrons. The maximum absolute atomic E-state index is 5.88. The monoisotopic (exact) mass is 263 g/mol. The quantitative estimate of drug-likeness (QED) is 0.633. The molecule has 0 aliphatic carbocycles. The number of nitrogens with zero attached hydrogens (tertiary/aromatic N) is 1. The Kier molecular flexibility index (Phi) is 6.19. The molecule has 0 bridgehead atoms. The minimum atomic E-state index is 0.520. The van der Waals surface area contributed by atoms with Gasteiger partial charge in [0.15, 0.2) is 5.96 Å². The van der Waals surface area contributed by atoms with Gasteiger partial charge >= 0.3 is 0 Å². The highest BCUT2D eigenvalue weighted by atomic mass is 16.5. The first kappa shape index (κ1) is 15.3. The molecule has 1 rings (SSSR count). The molecule has 0 amide bonds. The van der Waals surface area contributed by atoms with Crippen molar-refractivity contribution < 1.29 is 4.74 Å². The lowest BCUT2D eigenvalue weighted by atomic mass is 10.1. The number of hydrogen-bond donors (Lipinski definition) is 2. The number of hydrogen-bond acceptors (Lipinski definition) is 2. The summed E-state index contributed by atoms with van der Waals surface area (Å²) in [5, 5.41) is 6.24. The Bertz CT molecular complexity index is 427. The molecule has 4 heteroatoms. The number of rotatable bonds is 5. The second kappa shape index (κ2) is 7.67. The SMILES string of the molecule is CN=C(NC)NCc1ccc(C)cc1OCC(C)C. The van der Waals surface area contributed by atoms with E-state index >= 15 is 0 Å². The molecule has 0 aliphatic heterocycles. The zero-order valence-corrected chi connectivity index (χ0v) is 12.6. The molecule has 0 spiro atoms. The van der Waals surface area contributed by atoms with E-state index in [9.17, 15) is 0 Å². The summed E-state index contributed by atoms with van der Waals surface area (Å²) in [4.78, 5) is 4.10. The van der Waals surface area contributed by atoms with Gasteiger partial charge in [-0.3, -0.25) is 4.99 Å². The Labute approximate surface area is 116 Å². The van der Waals surface area contributed by atoms with Gasteiger partial charge in [0.1, 0.15) is 5.75 Å². The van der Waals surface area contributed by atoms with Gasteiger partial charge in [0.05, 0.1) is 6.61 Å². The molecule has 0 atom stereocenters. The lowest BCUT2D eigenvalue weighted by Gasteiger charge is -2.15. The molecule has 0 heterocycles. The van der Waals surface area contributed by atoms with Crippen molar-refractivity contribution in [3.63, 3.8) is 0 Å². The summed E-state index contributed by atoms with van der Waals surface area (Å²) in [5.41, 5.74) is 2.35. The molecule has 0 aromatic heterocycles. The third-order valence-corrected chi connectivity index (χ3v) is 2.70. The van der Waals surface area contributed by atoms with Crippen molar-refractivity contribution >= 4 is 5.96 Å². The van der Waals surface area contributed by atoms with Crippen molar-refractivity contribution in [3.05, 3.63) is 29.3 Å². The fourth-order valence-electron chi connectivity index (χ4n) is 1.66. The zero-order valence-electron chi connectivity index (χ0n) is 12.6. The predicted octanol–water partition coefficient (Wildman–Crippen LogP) is 2.32. The second-order valence-electron chi connectivity index (χ2n) is 4.99. The molecular formula is C15H25N3O. The highest BCUT2D eigenvalue weighted by Gasteiger charge is 2.06. The van der Waals surface area contributed by atoms with Crippen LogP contribution in [0.15, 0.2) is 23.2 Å². The van der Waals surface area contributed by atoms with Crippen molar-refractivity contribution in [1.29, 1.82) is 0 Å². The standard InChI is InChI=1S/C15H25N3O/c1-11(2)10-19-14-8-12(3)6-7-13(14)9-18-15(16-4)17-5/h6-8,11H,9-10H2,1-5H3,(H2,16,17,18). The predicted molar refractivity (Wildman–Crippen MR) is 80.8 cm³/mol. The van der Waals surface area contributed by atoms with E-state index in [2.05, 4.69) is 54.6 Å². The van der Waals surface area contributed by atoms with Crippen molar-refractivity contribution in [2.45, 2.75) is 27.3 Å². The van der Waals surface area contributed by atoms with Gasteiger partial charge < -0.3 is 15.4 Å². The molecule has 0 saturated carbocycles. The van der Waals surface area contributed by atoms with Crippen molar-refractivity contribution in [1.82, 2.24) is 10.6 Å². The second-order valence-corrected chi connectivity index (χ2v) is 4.99. The van der Waals surface area contributed by atoms with Crippen LogP contribution in [0.5, 0.6) is 5.75 Å². The highest BCUT2D eigenvalue weighted by Crippen LogP contribution is 2.21. The molecule has 1 aromatic rings. The van der Waals surface area contributed by atoms with Crippen molar-refractivity contribution in [2.75, 3.05) is 20.7 Å². The third-order valence-electron chi connectivity index (χ3n) is 2.70. The number of aliphatic imine (C=N–C) groups is 1. The van der Waals surface area contributed by atoms with Gasteiger partial charge in [-0.05, 0) is 24.5 Å². The first-order valence-electron chi connectivity index (χ1n) is 6.67. The molecule has 0 saturated heterocycles. The number of nitrogens with one attached hydrogen (secondary N) is 2. The number of guanidine groups is 1. The first-order valence-corrected chi connectivity index (χ1v) is 6.67. The topological polar surface area (TPSA) is 45.7 Å². The van der Waals surface area contributed by atoms with Crippen LogP contribution < -0.4 is 15.4 Å². The lowest BCUT2D eigenvalue weighted by Crippen LogP contribution is -2.34. The Morgan fingerprint density at radius 1 is 1.37 bits per heavy atom. The van der Waals surface area contributed by atoms with E-state index in [0.717, 1.165) is 23.9 Å². The summed E-state index contributed by atoms with van der Waals surface area (Å²) < 4.78 is 5.88. The largest absolute Gasteiger partial charge is 0.493 e. The summed E-state index contributed by atoms with van der Waals surface area (Å²) in [6.07, 6.45) is 0. The van der Waals surface area contributed by atoms with Crippen LogP contribution in [-0.4, -0.2) is 26.7 Å². The smallest absolute Gasteiger partial charge is 0.190 e. The van der Waals surface area contributed by atoms with E-state index in [-0.39, 0.29) is 0 Å². The van der Waals surface area contributed by atoms with Crippen LogP contribution in [0.4, 0.5) is 0 Å². The summed E-state index contributed by atoms with van der Waals surface area (Å²) in [6.45, 7) is 7.80. The Balaban J connectivity index is 2.75. The molecule has 0 aliphatic rings. The van der Waals surface area contributed by atoms with Gasteiger partial charge in [0, 0.05) is 26.2 Å². The van der Waals surface area contributed by atoms with Gasteiger partial charge in [-0.15, -0.1) is 0 Å². The van der Waals surface area contributed by atoms with Gasteiger partial charge in [-0.25, -0.2) is 0 Å². The third kappa shape index (κ3) is 5.20. The molecule has 2 N–H and O–H groups in total. The summed E-state index contributed by atoms with van der Waals surface area (Å²) in [5.74, 6) is 2.24. The average Bonchev–Trinajstić information content (AvgIpc) is 2.39. The first-order chi connectivity index (χ1) is 9.06. The van der Waals surface area contributed by atoms with E-state index in [1.54, 1.807) is 7.05 Å². The average molecular weight is 263 g/mol. The zero-order chi connectivity index (χ0) is 14.3. The molecule has 106 valence electrons. The summed E-state index contributed by atoms with van der Waals surface area (Å²) >= 11 is 0. The van der Waals surface area contributed by atoms with Gasteiger partial charge in [0.25, 0.3) is 0 Å². The highest BCUT2D eigenvalue weighted by molar-refractivity contribution is 5.79. The molecule has 0 unspecified atom stereocenters. The number of aryl methyl sites for hydroxylation is 1. The van der Waals surface area contributed by atoms with E-state index < -0.39 is 0 Å². The summed E-state index contributed by atoms with van der Waals surface area (Å²) in [6, 6.07) is 6.28. The van der Waals surface area contributed by atoms with Crippen LogP contribution >= 0.6 is 0 Å². The Hall–Kier alpha value is -1.71. The van der Waals surface area contributed by atoms with Crippen LogP contribution in [-0.2, 0) is 6.54 Å². The maximum atomic E-state index is 5.88. The maximum Gasteiger partial charge on any atom is 0.190 e. The number of benzene rings is 1. The molecule has 0 fully saturated rings. The molecule has 4 nitrogen and oxygen atoms in total. The van der Waals surface area contributed by atoms with Gasteiger partial charge in [0.2, 0.25) is 0 Å². The van der Waals surface area contributed by atoms with Crippen molar-refractivity contribution in [3.8, 4) is 5.75 Å². The van der Waals surface area contributed by atoms with E-state index in [1.807, 2.05) is 7.05 Å². The van der Waals surface area contributed by atoms with Crippen LogP contribution in [0.2, 0.25) is 0 Å². The van der Waals surface area contributed by atoms with E-state index in [4.69, 9.17) is 4.74 Å².